The van der Waals surface area contributed by atoms with Crippen LogP contribution in [0.3, 0.4) is 0 Å². The quantitative estimate of drug-likeness (QED) is 0.871. The van der Waals surface area contributed by atoms with Crippen molar-refractivity contribution in [2.75, 3.05) is 6.54 Å². The zero-order valence-electron chi connectivity index (χ0n) is 9.49. The van der Waals surface area contributed by atoms with Crippen LogP contribution >= 0.6 is 15.9 Å². The Balaban J connectivity index is 2.03. The van der Waals surface area contributed by atoms with Crippen molar-refractivity contribution in [1.82, 2.24) is 5.32 Å². The Kier molecular flexibility index (Phi) is 4.00. The minimum absolute atomic E-state index is 0.281. The number of rotatable bonds is 5. The first kappa shape index (κ1) is 12.1. The lowest BCUT2D eigenvalue weighted by atomic mass is 10.0. The fourth-order valence-electron chi connectivity index (χ4n) is 1.95. The van der Waals surface area contributed by atoms with Gasteiger partial charge in [-0.05, 0) is 43.4 Å². The zero-order chi connectivity index (χ0) is 11.5. The van der Waals surface area contributed by atoms with Gasteiger partial charge in [0.05, 0.1) is 6.10 Å². The lowest BCUT2D eigenvalue weighted by molar-refractivity contribution is 0.184. The first-order valence-electron chi connectivity index (χ1n) is 5.83. The van der Waals surface area contributed by atoms with E-state index < -0.39 is 0 Å². The molecule has 2 rings (SSSR count). The number of hydrogen-bond donors (Lipinski definition) is 2. The first-order valence-corrected chi connectivity index (χ1v) is 6.63. The summed E-state index contributed by atoms with van der Waals surface area (Å²) < 4.78 is 1.11. The lowest BCUT2D eigenvalue weighted by Crippen LogP contribution is -2.29. The van der Waals surface area contributed by atoms with Crippen molar-refractivity contribution >= 4 is 15.9 Å². The van der Waals surface area contributed by atoms with Gasteiger partial charge in [0.2, 0.25) is 0 Å². The van der Waals surface area contributed by atoms with Crippen LogP contribution in [0.25, 0.3) is 0 Å². The Hall–Kier alpha value is -0.380. The van der Waals surface area contributed by atoms with Gasteiger partial charge in [-0.25, -0.2) is 0 Å². The molecule has 1 fully saturated rings. The maximum Gasteiger partial charge on any atom is 0.0636 e. The van der Waals surface area contributed by atoms with Crippen molar-refractivity contribution < 1.29 is 5.11 Å². The van der Waals surface area contributed by atoms with Gasteiger partial charge in [-0.3, -0.25) is 0 Å². The third kappa shape index (κ3) is 3.30. The molecule has 0 amide bonds. The number of halogens is 1. The van der Waals surface area contributed by atoms with E-state index in [1.165, 1.54) is 18.4 Å². The summed E-state index contributed by atoms with van der Waals surface area (Å²) in [5.74, 6) is 0.750. The minimum atomic E-state index is -0.281. The summed E-state index contributed by atoms with van der Waals surface area (Å²) in [6.45, 7) is 2.48. The van der Waals surface area contributed by atoms with Crippen molar-refractivity contribution in [2.24, 2.45) is 5.92 Å². The molecule has 1 aromatic rings. The van der Waals surface area contributed by atoms with E-state index in [4.69, 9.17) is 0 Å². The number of hydrogen-bond acceptors (Lipinski definition) is 2. The van der Waals surface area contributed by atoms with Crippen LogP contribution in [-0.2, 0) is 0 Å². The minimum Gasteiger partial charge on any atom is -0.392 e. The van der Waals surface area contributed by atoms with Gasteiger partial charge in [0.1, 0.15) is 0 Å². The highest BCUT2D eigenvalue weighted by molar-refractivity contribution is 9.10. The molecule has 16 heavy (non-hydrogen) atoms. The normalized spacial score (nSPS) is 19.4. The van der Waals surface area contributed by atoms with E-state index in [1.807, 2.05) is 6.92 Å². The molecule has 2 nitrogen and oxygen atoms in total. The largest absolute Gasteiger partial charge is 0.392 e. The molecule has 2 N–H and O–H groups in total. The van der Waals surface area contributed by atoms with E-state index in [0.717, 1.165) is 10.4 Å². The molecule has 1 aromatic carbocycles. The maximum atomic E-state index is 9.32. The van der Waals surface area contributed by atoms with Crippen molar-refractivity contribution in [3.63, 3.8) is 0 Å². The van der Waals surface area contributed by atoms with Gasteiger partial charge >= 0.3 is 0 Å². The number of nitrogens with one attached hydrogen (secondary N) is 1. The third-order valence-corrected chi connectivity index (χ3v) is 3.48. The molecule has 1 aliphatic rings. The lowest BCUT2D eigenvalue weighted by Gasteiger charge is -2.19. The van der Waals surface area contributed by atoms with Gasteiger partial charge in [-0.1, -0.05) is 28.1 Å². The molecule has 0 heterocycles. The molecule has 0 radical (unpaired) electrons. The fourth-order valence-corrected chi connectivity index (χ4v) is 2.22. The van der Waals surface area contributed by atoms with Crippen molar-refractivity contribution in [2.45, 2.75) is 31.9 Å². The molecule has 0 saturated heterocycles. The van der Waals surface area contributed by atoms with E-state index in [2.05, 4.69) is 45.5 Å². The summed E-state index contributed by atoms with van der Waals surface area (Å²) in [7, 11) is 0. The van der Waals surface area contributed by atoms with Crippen LogP contribution in [0.1, 0.15) is 31.4 Å². The van der Waals surface area contributed by atoms with Gasteiger partial charge < -0.3 is 10.4 Å². The molecule has 88 valence electrons. The van der Waals surface area contributed by atoms with Crippen LogP contribution < -0.4 is 5.32 Å². The molecule has 0 aromatic heterocycles. The predicted octanol–water partition coefficient (Wildman–Crippen LogP) is 2.87. The van der Waals surface area contributed by atoms with Crippen LogP contribution in [0.2, 0.25) is 0 Å². The third-order valence-electron chi connectivity index (χ3n) is 2.96. The summed E-state index contributed by atoms with van der Waals surface area (Å²) in [5.41, 5.74) is 1.33. The second-order valence-corrected chi connectivity index (χ2v) is 5.54. The molecule has 0 bridgehead atoms. The van der Waals surface area contributed by atoms with Gasteiger partial charge in [0, 0.05) is 17.1 Å². The standard InChI is InChI=1S/C13H18BrNO/c1-9(16)8-15-13(10-2-3-10)11-4-6-12(14)7-5-11/h4-7,9-10,13,15-16H,2-3,8H2,1H3/t9-,13?/m1/s1. The van der Waals surface area contributed by atoms with E-state index in [0.29, 0.717) is 12.6 Å². The molecule has 2 atom stereocenters. The molecule has 1 unspecified atom stereocenters. The zero-order valence-corrected chi connectivity index (χ0v) is 11.1. The summed E-state index contributed by atoms with van der Waals surface area (Å²) >= 11 is 3.45. The van der Waals surface area contributed by atoms with Crippen LogP contribution in [0, 0.1) is 5.92 Å². The van der Waals surface area contributed by atoms with Crippen molar-refractivity contribution in [1.29, 1.82) is 0 Å². The van der Waals surface area contributed by atoms with E-state index in [9.17, 15) is 5.11 Å². The second kappa shape index (κ2) is 5.30. The second-order valence-electron chi connectivity index (χ2n) is 4.62. The Morgan fingerprint density at radius 2 is 2.00 bits per heavy atom. The van der Waals surface area contributed by atoms with E-state index >= 15 is 0 Å². The first-order chi connectivity index (χ1) is 7.66. The van der Waals surface area contributed by atoms with Crippen LogP contribution in [0.15, 0.2) is 28.7 Å². The maximum absolute atomic E-state index is 9.32. The monoisotopic (exact) mass is 283 g/mol. The molecule has 1 aliphatic carbocycles. The van der Waals surface area contributed by atoms with Gasteiger partial charge in [0.25, 0.3) is 0 Å². The number of aliphatic hydroxyl groups excluding tert-OH is 1. The highest BCUT2D eigenvalue weighted by Crippen LogP contribution is 2.41. The summed E-state index contributed by atoms with van der Waals surface area (Å²) in [6.07, 6.45) is 2.32. The van der Waals surface area contributed by atoms with Crippen LogP contribution in [0.4, 0.5) is 0 Å². The Labute approximate surface area is 105 Å². The predicted molar refractivity (Wildman–Crippen MR) is 69.3 cm³/mol. The van der Waals surface area contributed by atoms with Crippen LogP contribution in [0.5, 0.6) is 0 Å². The smallest absolute Gasteiger partial charge is 0.0636 e. The Morgan fingerprint density at radius 3 is 2.50 bits per heavy atom. The van der Waals surface area contributed by atoms with Crippen molar-refractivity contribution in [3.8, 4) is 0 Å². The highest BCUT2D eigenvalue weighted by atomic mass is 79.9. The average Bonchev–Trinajstić information content (AvgIpc) is 3.04. The molecule has 1 saturated carbocycles. The van der Waals surface area contributed by atoms with Crippen molar-refractivity contribution in [3.05, 3.63) is 34.3 Å². The SMILES string of the molecule is C[C@@H](O)CNC(c1ccc(Br)cc1)C1CC1. The molecular formula is C13H18BrNO. The number of benzene rings is 1. The average molecular weight is 284 g/mol. The summed E-state index contributed by atoms with van der Waals surface area (Å²) in [4.78, 5) is 0. The number of aliphatic hydroxyl groups is 1. The Morgan fingerprint density at radius 1 is 1.38 bits per heavy atom. The van der Waals surface area contributed by atoms with Gasteiger partial charge in [0.15, 0.2) is 0 Å². The van der Waals surface area contributed by atoms with Gasteiger partial charge in [-0.15, -0.1) is 0 Å². The van der Waals surface area contributed by atoms with Gasteiger partial charge in [-0.2, -0.15) is 0 Å². The van der Waals surface area contributed by atoms with Crippen LogP contribution in [-0.4, -0.2) is 17.8 Å². The highest BCUT2D eigenvalue weighted by Gasteiger charge is 2.31. The fraction of sp³-hybridized carbons (Fsp3) is 0.538. The Bertz CT molecular complexity index is 332. The molecular weight excluding hydrogens is 266 g/mol. The summed E-state index contributed by atoms with van der Waals surface area (Å²) in [6, 6.07) is 8.87. The molecule has 3 heteroatoms. The van der Waals surface area contributed by atoms with E-state index in [-0.39, 0.29) is 6.10 Å². The summed E-state index contributed by atoms with van der Waals surface area (Å²) in [5, 5.41) is 12.8. The van der Waals surface area contributed by atoms with E-state index in [1.54, 1.807) is 0 Å². The topological polar surface area (TPSA) is 32.3 Å². The molecule has 0 aliphatic heterocycles. The molecule has 0 spiro atoms.